The van der Waals surface area contributed by atoms with Gasteiger partial charge in [0.1, 0.15) is 0 Å². The summed E-state index contributed by atoms with van der Waals surface area (Å²) < 4.78 is 26.6. The van der Waals surface area contributed by atoms with E-state index in [9.17, 15) is 13.2 Å². The fraction of sp³-hybridized carbons (Fsp3) is 0.278. The van der Waals surface area contributed by atoms with Crippen LogP contribution in [-0.2, 0) is 10.0 Å². The van der Waals surface area contributed by atoms with Gasteiger partial charge in [0, 0.05) is 33.8 Å². The van der Waals surface area contributed by atoms with Gasteiger partial charge in [0.15, 0.2) is 0 Å². The Bertz CT molecular complexity index is 836. The van der Waals surface area contributed by atoms with Crippen molar-refractivity contribution < 1.29 is 13.2 Å². The van der Waals surface area contributed by atoms with Gasteiger partial charge in [0.2, 0.25) is 10.0 Å². The minimum Gasteiger partial charge on any atom is -0.351 e. The fourth-order valence-corrected chi connectivity index (χ4v) is 4.28. The van der Waals surface area contributed by atoms with Crippen molar-refractivity contribution >= 4 is 39.3 Å². The summed E-state index contributed by atoms with van der Waals surface area (Å²) in [6.07, 6.45) is 0. The van der Waals surface area contributed by atoms with Crippen LogP contribution in [0.1, 0.15) is 24.2 Å². The van der Waals surface area contributed by atoms with Crippen LogP contribution in [0.2, 0.25) is 5.02 Å². The number of sulfonamides is 1. The van der Waals surface area contributed by atoms with E-state index in [1.165, 1.54) is 24.3 Å². The molecule has 2 rings (SSSR count). The molecule has 0 radical (unpaired) electrons. The average molecular weight is 413 g/mol. The topological polar surface area (TPSA) is 75.3 Å². The molecule has 0 spiro atoms. The summed E-state index contributed by atoms with van der Waals surface area (Å²) in [5.41, 5.74) is 0.421. The van der Waals surface area contributed by atoms with E-state index in [0.29, 0.717) is 17.1 Å². The van der Waals surface area contributed by atoms with Crippen LogP contribution in [0.15, 0.2) is 58.3 Å². The van der Waals surface area contributed by atoms with Gasteiger partial charge in [0.25, 0.3) is 5.91 Å². The fourth-order valence-electron chi connectivity index (χ4n) is 2.13. The van der Waals surface area contributed by atoms with Crippen molar-refractivity contribution in [3.8, 4) is 0 Å². The monoisotopic (exact) mass is 412 g/mol. The first-order valence-corrected chi connectivity index (χ1v) is 10.9. The van der Waals surface area contributed by atoms with Gasteiger partial charge >= 0.3 is 0 Å². The highest BCUT2D eigenvalue weighted by atomic mass is 35.5. The molecule has 0 unspecified atom stereocenters. The van der Waals surface area contributed by atoms with E-state index in [-0.39, 0.29) is 16.8 Å². The van der Waals surface area contributed by atoms with Gasteiger partial charge in [-0.3, -0.25) is 4.79 Å². The molecule has 26 heavy (non-hydrogen) atoms. The predicted octanol–water partition coefficient (Wildman–Crippen LogP) is 3.55. The van der Waals surface area contributed by atoms with E-state index in [1.54, 1.807) is 25.6 Å². The summed E-state index contributed by atoms with van der Waals surface area (Å²) in [5, 5.41) is 3.51. The van der Waals surface area contributed by atoms with Crippen LogP contribution < -0.4 is 10.0 Å². The van der Waals surface area contributed by atoms with Crippen molar-refractivity contribution in [2.45, 2.75) is 29.7 Å². The molecule has 2 aromatic carbocycles. The molecule has 0 bridgehead atoms. The van der Waals surface area contributed by atoms with E-state index in [0.717, 1.165) is 10.6 Å². The number of carbonyl (C=O) groups excluding carboxylic acids is 1. The van der Waals surface area contributed by atoms with Crippen LogP contribution in [0, 0.1) is 0 Å². The molecule has 5 nitrogen and oxygen atoms in total. The number of hydrogen-bond acceptors (Lipinski definition) is 4. The standard InChI is InChI=1S/C18H21ClN2O3S2/c1-13(2)21-26(23,24)17-9-3-14(4-10-17)18(22)20-11-12-25-16-7-5-15(19)6-8-16/h3-10,13,21H,11-12H2,1-2H3,(H,20,22). The summed E-state index contributed by atoms with van der Waals surface area (Å²) in [6, 6.07) is 13.2. The third-order valence-electron chi connectivity index (χ3n) is 3.29. The van der Waals surface area contributed by atoms with Gasteiger partial charge in [-0.1, -0.05) is 11.6 Å². The van der Waals surface area contributed by atoms with Gasteiger partial charge < -0.3 is 5.32 Å². The third kappa shape index (κ3) is 6.32. The Morgan fingerprint density at radius 3 is 2.27 bits per heavy atom. The van der Waals surface area contributed by atoms with Crippen molar-refractivity contribution in [3.05, 3.63) is 59.1 Å². The Balaban J connectivity index is 1.85. The van der Waals surface area contributed by atoms with Gasteiger partial charge in [-0.05, 0) is 62.4 Å². The van der Waals surface area contributed by atoms with Crippen molar-refractivity contribution in [1.29, 1.82) is 0 Å². The molecule has 0 aliphatic carbocycles. The van der Waals surface area contributed by atoms with Gasteiger partial charge in [-0.25, -0.2) is 13.1 Å². The van der Waals surface area contributed by atoms with Crippen LogP contribution in [0.3, 0.4) is 0 Å². The Hall–Kier alpha value is -1.54. The van der Waals surface area contributed by atoms with E-state index < -0.39 is 10.0 Å². The normalized spacial score (nSPS) is 11.5. The zero-order chi connectivity index (χ0) is 19.2. The van der Waals surface area contributed by atoms with Crippen molar-refractivity contribution in [2.75, 3.05) is 12.3 Å². The number of amides is 1. The second-order valence-electron chi connectivity index (χ2n) is 5.86. The summed E-state index contributed by atoms with van der Waals surface area (Å²) >= 11 is 7.46. The smallest absolute Gasteiger partial charge is 0.251 e. The Kier molecular flexibility index (Phi) is 7.52. The van der Waals surface area contributed by atoms with Gasteiger partial charge in [-0.2, -0.15) is 0 Å². The quantitative estimate of drug-likeness (QED) is 0.513. The molecule has 0 aliphatic heterocycles. The molecule has 1 amide bonds. The Morgan fingerprint density at radius 1 is 1.08 bits per heavy atom. The summed E-state index contributed by atoms with van der Waals surface area (Å²) in [5.74, 6) is 0.487. The van der Waals surface area contributed by atoms with E-state index in [1.807, 2.05) is 24.3 Å². The zero-order valence-electron chi connectivity index (χ0n) is 14.5. The van der Waals surface area contributed by atoms with Crippen LogP contribution in [0.25, 0.3) is 0 Å². The molecule has 8 heteroatoms. The molecule has 0 fully saturated rings. The lowest BCUT2D eigenvalue weighted by molar-refractivity contribution is 0.0956. The number of carbonyl (C=O) groups is 1. The Morgan fingerprint density at radius 2 is 1.69 bits per heavy atom. The molecule has 2 N–H and O–H groups in total. The highest BCUT2D eigenvalue weighted by Gasteiger charge is 2.15. The molecular formula is C18H21ClN2O3S2. The Labute approximate surface area is 163 Å². The van der Waals surface area contributed by atoms with Crippen LogP contribution in [0.5, 0.6) is 0 Å². The molecule has 0 atom stereocenters. The maximum absolute atomic E-state index is 12.1. The summed E-state index contributed by atoms with van der Waals surface area (Å²) in [6.45, 7) is 4.00. The van der Waals surface area contributed by atoms with Gasteiger partial charge in [0.05, 0.1) is 4.90 Å². The molecule has 0 saturated heterocycles. The van der Waals surface area contributed by atoms with Crippen LogP contribution >= 0.6 is 23.4 Å². The van der Waals surface area contributed by atoms with Crippen molar-refractivity contribution in [3.63, 3.8) is 0 Å². The minimum atomic E-state index is -3.55. The lowest BCUT2D eigenvalue weighted by Crippen LogP contribution is -2.30. The molecule has 0 heterocycles. The second-order valence-corrected chi connectivity index (χ2v) is 9.18. The number of rotatable bonds is 8. The molecule has 2 aromatic rings. The van der Waals surface area contributed by atoms with Crippen molar-refractivity contribution in [2.24, 2.45) is 0 Å². The second kappa shape index (κ2) is 9.41. The largest absolute Gasteiger partial charge is 0.351 e. The van der Waals surface area contributed by atoms with Gasteiger partial charge in [-0.15, -0.1) is 11.8 Å². The first kappa shape index (κ1) is 20.8. The summed E-state index contributed by atoms with van der Waals surface area (Å²) in [4.78, 5) is 13.4. The molecule has 0 aliphatic rings. The first-order chi connectivity index (χ1) is 12.3. The lowest BCUT2D eigenvalue weighted by atomic mass is 10.2. The van der Waals surface area contributed by atoms with E-state index in [4.69, 9.17) is 11.6 Å². The number of benzene rings is 2. The third-order valence-corrected chi connectivity index (χ3v) is 6.23. The zero-order valence-corrected chi connectivity index (χ0v) is 16.9. The van der Waals surface area contributed by atoms with Crippen LogP contribution in [0.4, 0.5) is 0 Å². The lowest BCUT2D eigenvalue weighted by Gasteiger charge is -2.10. The maximum atomic E-state index is 12.1. The number of halogens is 1. The highest BCUT2D eigenvalue weighted by molar-refractivity contribution is 7.99. The first-order valence-electron chi connectivity index (χ1n) is 8.07. The average Bonchev–Trinajstić information content (AvgIpc) is 2.59. The minimum absolute atomic E-state index is 0.140. The highest BCUT2D eigenvalue weighted by Crippen LogP contribution is 2.19. The SMILES string of the molecule is CC(C)NS(=O)(=O)c1ccc(C(=O)NCCSc2ccc(Cl)cc2)cc1. The van der Waals surface area contributed by atoms with Crippen LogP contribution in [-0.4, -0.2) is 32.7 Å². The summed E-state index contributed by atoms with van der Waals surface area (Å²) in [7, 11) is -3.55. The van der Waals surface area contributed by atoms with E-state index >= 15 is 0 Å². The molecular weight excluding hydrogens is 392 g/mol. The molecule has 0 saturated carbocycles. The number of nitrogens with one attached hydrogen (secondary N) is 2. The molecule has 140 valence electrons. The van der Waals surface area contributed by atoms with E-state index in [2.05, 4.69) is 10.0 Å². The molecule has 0 aromatic heterocycles. The number of hydrogen-bond donors (Lipinski definition) is 2. The van der Waals surface area contributed by atoms with Crippen molar-refractivity contribution in [1.82, 2.24) is 10.0 Å². The number of thioether (sulfide) groups is 1. The predicted molar refractivity (Wildman–Crippen MR) is 106 cm³/mol. The maximum Gasteiger partial charge on any atom is 0.251 e.